The van der Waals surface area contributed by atoms with E-state index >= 15 is 0 Å². The minimum Gasteiger partial charge on any atom is -0.497 e. The van der Waals surface area contributed by atoms with Crippen molar-refractivity contribution in [3.8, 4) is 5.75 Å². The zero-order chi connectivity index (χ0) is 25.2. The normalized spacial score (nSPS) is 20.5. The maximum absolute atomic E-state index is 13.0. The smallest absolute Gasteiger partial charge is 0.344 e. The summed E-state index contributed by atoms with van der Waals surface area (Å²) in [6, 6.07) is 12.8. The fourth-order valence-corrected chi connectivity index (χ4v) is 4.33. The van der Waals surface area contributed by atoms with Gasteiger partial charge in [0.05, 0.1) is 13.7 Å². The van der Waals surface area contributed by atoms with Gasteiger partial charge >= 0.3 is 6.03 Å². The lowest BCUT2D eigenvalue weighted by Gasteiger charge is -2.34. The summed E-state index contributed by atoms with van der Waals surface area (Å²) in [5, 5.41) is 3.85. The molecule has 0 saturated carbocycles. The SMILES string of the molecule is COc1ccc(C2(C)NC(=O)N(NC(=O)CN3CCN(C(=O)c4cccc(Cl)c4)CC3)C2=O)cc1. The molecule has 0 aliphatic carbocycles. The van der Waals surface area contributed by atoms with E-state index in [2.05, 4.69) is 10.7 Å². The third-order valence-electron chi connectivity index (χ3n) is 6.19. The summed E-state index contributed by atoms with van der Waals surface area (Å²) in [4.78, 5) is 54.4. The van der Waals surface area contributed by atoms with E-state index in [0.717, 1.165) is 0 Å². The van der Waals surface area contributed by atoms with Crippen molar-refractivity contribution in [1.29, 1.82) is 0 Å². The summed E-state index contributed by atoms with van der Waals surface area (Å²) in [6.07, 6.45) is 0. The van der Waals surface area contributed by atoms with E-state index in [1.807, 2.05) is 4.90 Å². The Balaban J connectivity index is 1.31. The average Bonchev–Trinajstić information content (AvgIpc) is 3.07. The fraction of sp³-hybridized carbons (Fsp3) is 0.333. The lowest BCUT2D eigenvalue weighted by Crippen LogP contribution is -2.54. The molecule has 2 aliphatic heterocycles. The Kier molecular flexibility index (Phi) is 6.95. The molecule has 10 nitrogen and oxygen atoms in total. The van der Waals surface area contributed by atoms with E-state index in [-0.39, 0.29) is 12.5 Å². The molecule has 184 valence electrons. The van der Waals surface area contributed by atoms with Gasteiger partial charge in [0.25, 0.3) is 17.7 Å². The van der Waals surface area contributed by atoms with Crippen LogP contribution >= 0.6 is 11.6 Å². The predicted molar refractivity (Wildman–Crippen MR) is 128 cm³/mol. The van der Waals surface area contributed by atoms with Crippen molar-refractivity contribution in [2.24, 2.45) is 0 Å². The highest BCUT2D eigenvalue weighted by atomic mass is 35.5. The summed E-state index contributed by atoms with van der Waals surface area (Å²) in [7, 11) is 1.54. The van der Waals surface area contributed by atoms with Crippen molar-refractivity contribution < 1.29 is 23.9 Å². The Morgan fingerprint density at radius 1 is 1.09 bits per heavy atom. The van der Waals surface area contributed by atoms with Crippen LogP contribution in [0.3, 0.4) is 0 Å². The van der Waals surface area contributed by atoms with Crippen LogP contribution in [-0.4, -0.2) is 78.4 Å². The molecule has 2 saturated heterocycles. The number of urea groups is 1. The molecule has 2 heterocycles. The second kappa shape index (κ2) is 9.93. The van der Waals surface area contributed by atoms with Gasteiger partial charge in [0.2, 0.25) is 0 Å². The monoisotopic (exact) mass is 499 g/mol. The number of halogens is 1. The van der Waals surface area contributed by atoms with Crippen LogP contribution in [0, 0.1) is 0 Å². The van der Waals surface area contributed by atoms with Gasteiger partial charge in [0.1, 0.15) is 11.3 Å². The minimum absolute atomic E-state index is 0.0183. The van der Waals surface area contributed by atoms with Crippen molar-refractivity contribution in [3.05, 3.63) is 64.7 Å². The number of hydrogen-bond donors (Lipinski definition) is 2. The standard InChI is InChI=1S/C24H26ClN5O5/c1-24(17-6-8-19(35-2)9-7-17)22(33)30(23(34)26-24)27-20(31)15-28-10-12-29(13-11-28)21(32)16-4-3-5-18(25)14-16/h3-9,14H,10-13,15H2,1-2H3,(H,26,34)(H,27,31). The number of piperazine rings is 1. The van der Waals surface area contributed by atoms with Crippen LogP contribution < -0.4 is 15.5 Å². The molecule has 0 spiro atoms. The fourth-order valence-electron chi connectivity index (χ4n) is 4.14. The van der Waals surface area contributed by atoms with Crippen LogP contribution in [0.4, 0.5) is 4.79 Å². The first-order valence-electron chi connectivity index (χ1n) is 11.1. The Morgan fingerprint density at radius 3 is 2.40 bits per heavy atom. The van der Waals surface area contributed by atoms with Gasteiger partial charge in [-0.3, -0.25) is 24.7 Å². The molecule has 11 heteroatoms. The number of hydrazine groups is 1. The van der Waals surface area contributed by atoms with Crippen molar-refractivity contribution >= 4 is 35.4 Å². The zero-order valence-corrected chi connectivity index (χ0v) is 20.2. The lowest BCUT2D eigenvalue weighted by atomic mass is 9.92. The lowest BCUT2D eigenvalue weighted by molar-refractivity contribution is -0.139. The number of nitrogens with one attached hydrogen (secondary N) is 2. The Morgan fingerprint density at radius 2 is 1.77 bits per heavy atom. The molecular formula is C24H26ClN5O5. The van der Waals surface area contributed by atoms with Gasteiger partial charge in [0, 0.05) is 36.8 Å². The predicted octanol–water partition coefficient (Wildman–Crippen LogP) is 1.60. The first-order chi connectivity index (χ1) is 16.7. The van der Waals surface area contributed by atoms with Gasteiger partial charge in [-0.05, 0) is 42.8 Å². The molecule has 1 unspecified atom stereocenters. The van der Waals surface area contributed by atoms with E-state index in [4.69, 9.17) is 16.3 Å². The van der Waals surface area contributed by atoms with E-state index in [1.165, 1.54) is 7.11 Å². The molecule has 5 amide bonds. The summed E-state index contributed by atoms with van der Waals surface area (Å²) < 4.78 is 5.13. The number of rotatable bonds is 6. The number of carbonyl (C=O) groups excluding carboxylic acids is 4. The van der Waals surface area contributed by atoms with Crippen molar-refractivity contribution in [2.45, 2.75) is 12.5 Å². The van der Waals surface area contributed by atoms with Crippen LogP contribution in [0.1, 0.15) is 22.8 Å². The number of methoxy groups -OCH3 is 1. The highest BCUT2D eigenvalue weighted by Crippen LogP contribution is 2.29. The van der Waals surface area contributed by atoms with Gasteiger partial charge in [0.15, 0.2) is 0 Å². The Bertz CT molecular complexity index is 1150. The van der Waals surface area contributed by atoms with Crippen LogP contribution in [0.25, 0.3) is 0 Å². The number of hydrogen-bond acceptors (Lipinski definition) is 6. The zero-order valence-electron chi connectivity index (χ0n) is 19.4. The van der Waals surface area contributed by atoms with Crippen molar-refractivity contribution in [1.82, 2.24) is 25.6 Å². The molecule has 2 aromatic carbocycles. The van der Waals surface area contributed by atoms with E-state index in [1.54, 1.807) is 60.4 Å². The number of nitrogens with zero attached hydrogens (tertiary/aromatic N) is 3. The topological polar surface area (TPSA) is 111 Å². The highest BCUT2D eigenvalue weighted by Gasteiger charge is 2.50. The van der Waals surface area contributed by atoms with Crippen molar-refractivity contribution in [3.63, 3.8) is 0 Å². The summed E-state index contributed by atoms with van der Waals surface area (Å²) in [5.74, 6) is -0.581. The van der Waals surface area contributed by atoms with E-state index < -0.39 is 23.4 Å². The number of amides is 5. The summed E-state index contributed by atoms with van der Waals surface area (Å²) in [5.41, 5.74) is 2.17. The molecule has 4 rings (SSSR count). The molecule has 0 radical (unpaired) electrons. The van der Waals surface area contributed by atoms with Crippen LogP contribution in [-0.2, 0) is 15.1 Å². The number of imide groups is 1. The minimum atomic E-state index is -1.32. The molecule has 2 N–H and O–H groups in total. The number of benzene rings is 2. The van der Waals surface area contributed by atoms with E-state index in [9.17, 15) is 19.2 Å². The maximum atomic E-state index is 13.0. The second-order valence-corrected chi connectivity index (χ2v) is 8.97. The first kappa shape index (κ1) is 24.5. The third-order valence-corrected chi connectivity index (χ3v) is 6.43. The van der Waals surface area contributed by atoms with Gasteiger partial charge in [-0.1, -0.05) is 29.8 Å². The van der Waals surface area contributed by atoms with Gasteiger partial charge < -0.3 is 15.0 Å². The summed E-state index contributed by atoms with van der Waals surface area (Å²) >= 11 is 5.98. The van der Waals surface area contributed by atoms with Crippen LogP contribution in [0.15, 0.2) is 48.5 Å². The molecule has 1 atom stereocenters. The molecular weight excluding hydrogens is 474 g/mol. The molecule has 35 heavy (non-hydrogen) atoms. The van der Waals surface area contributed by atoms with Crippen LogP contribution in [0.2, 0.25) is 5.02 Å². The molecule has 0 bridgehead atoms. The van der Waals surface area contributed by atoms with Gasteiger partial charge in [-0.2, -0.15) is 5.01 Å². The number of carbonyl (C=O) groups is 4. The van der Waals surface area contributed by atoms with Crippen molar-refractivity contribution in [2.75, 3.05) is 39.8 Å². The molecule has 0 aromatic heterocycles. The second-order valence-electron chi connectivity index (χ2n) is 8.54. The molecule has 2 aromatic rings. The largest absolute Gasteiger partial charge is 0.497 e. The number of ether oxygens (including phenoxy) is 1. The highest BCUT2D eigenvalue weighted by molar-refractivity contribution is 6.31. The van der Waals surface area contributed by atoms with Crippen LogP contribution in [0.5, 0.6) is 5.75 Å². The average molecular weight is 500 g/mol. The Labute approximate surface area is 207 Å². The maximum Gasteiger partial charge on any atom is 0.344 e. The van der Waals surface area contributed by atoms with Gasteiger partial charge in [-0.15, -0.1) is 0 Å². The quantitative estimate of drug-likeness (QED) is 0.584. The first-order valence-corrected chi connectivity index (χ1v) is 11.5. The Hall–Kier alpha value is -3.63. The van der Waals surface area contributed by atoms with E-state index in [0.29, 0.717) is 53.1 Å². The summed E-state index contributed by atoms with van der Waals surface area (Å²) in [6.45, 7) is 3.40. The third kappa shape index (κ3) is 5.08. The molecule has 2 aliphatic rings. The molecule has 2 fully saturated rings. The van der Waals surface area contributed by atoms with Gasteiger partial charge in [-0.25, -0.2) is 4.79 Å².